The minimum atomic E-state index is -3.60. The van der Waals surface area contributed by atoms with E-state index in [1.807, 2.05) is 0 Å². The third-order valence-electron chi connectivity index (χ3n) is 4.23. The van der Waals surface area contributed by atoms with Gasteiger partial charge in [-0.2, -0.15) is 0 Å². The second kappa shape index (κ2) is 8.23. The molecule has 0 radical (unpaired) electrons. The number of sulfonamides is 1. The van der Waals surface area contributed by atoms with Crippen molar-refractivity contribution in [2.24, 2.45) is 0 Å². The third kappa shape index (κ3) is 4.65. The van der Waals surface area contributed by atoms with Crippen LogP contribution in [-0.2, 0) is 10.0 Å². The maximum absolute atomic E-state index is 14.0. The summed E-state index contributed by atoms with van der Waals surface area (Å²) in [6.45, 7) is 2.97. The summed E-state index contributed by atoms with van der Waals surface area (Å²) in [5.74, 6) is -3.23. The molecule has 0 fully saturated rings. The predicted octanol–water partition coefficient (Wildman–Crippen LogP) is 4.32. The summed E-state index contributed by atoms with van der Waals surface area (Å²) < 4.78 is 72.9. The lowest BCUT2D eigenvalue weighted by Crippen LogP contribution is -2.15. The fourth-order valence-corrected chi connectivity index (χ4v) is 3.33. The van der Waals surface area contributed by atoms with Crippen molar-refractivity contribution in [3.05, 3.63) is 76.0 Å². The topological polar surface area (TPSA) is 88.3 Å². The van der Waals surface area contributed by atoms with E-state index < -0.39 is 33.0 Å². The molecular formula is C20H17F3N2O4S. The van der Waals surface area contributed by atoms with Crippen molar-refractivity contribution in [3.8, 4) is 22.6 Å². The standard InChI is InChI=1S/C20H17F3N2O4S/c1-3-30(27,28)25-13-5-7-18(29-19-6-4-12(21)8-16(19)22)15(9-13)14-10-17(23)20(26)24-11(14)2/h4-10,25H,3H2,1-2H3,(H,24,26). The van der Waals surface area contributed by atoms with Crippen molar-refractivity contribution in [1.82, 2.24) is 4.98 Å². The zero-order valence-electron chi connectivity index (χ0n) is 15.9. The van der Waals surface area contributed by atoms with Gasteiger partial charge in [0, 0.05) is 28.6 Å². The first-order valence-corrected chi connectivity index (χ1v) is 10.4. The van der Waals surface area contributed by atoms with E-state index in [9.17, 15) is 26.4 Å². The van der Waals surface area contributed by atoms with E-state index in [1.165, 1.54) is 32.0 Å². The number of benzene rings is 2. The minimum Gasteiger partial charge on any atom is -0.454 e. The molecule has 158 valence electrons. The Morgan fingerprint density at radius 2 is 1.67 bits per heavy atom. The van der Waals surface area contributed by atoms with Gasteiger partial charge in [0.2, 0.25) is 10.0 Å². The number of ether oxygens (including phenoxy) is 1. The molecular weight excluding hydrogens is 421 g/mol. The van der Waals surface area contributed by atoms with Crippen molar-refractivity contribution < 1.29 is 26.3 Å². The molecule has 0 aliphatic heterocycles. The predicted molar refractivity (Wildman–Crippen MR) is 107 cm³/mol. The first-order valence-electron chi connectivity index (χ1n) is 8.77. The summed E-state index contributed by atoms with van der Waals surface area (Å²) in [6.07, 6.45) is 0. The number of halogens is 3. The number of rotatable bonds is 6. The summed E-state index contributed by atoms with van der Waals surface area (Å²) in [4.78, 5) is 13.9. The number of anilines is 1. The first kappa shape index (κ1) is 21.4. The Morgan fingerprint density at radius 3 is 2.33 bits per heavy atom. The molecule has 0 aliphatic carbocycles. The van der Waals surface area contributed by atoms with Gasteiger partial charge in [-0.3, -0.25) is 9.52 Å². The van der Waals surface area contributed by atoms with Crippen LogP contribution in [-0.4, -0.2) is 19.2 Å². The first-order chi connectivity index (χ1) is 14.1. The number of aromatic nitrogens is 1. The fraction of sp³-hybridized carbons (Fsp3) is 0.150. The van der Waals surface area contributed by atoms with Crippen molar-refractivity contribution in [3.63, 3.8) is 0 Å². The zero-order valence-corrected chi connectivity index (χ0v) is 16.7. The molecule has 0 atom stereocenters. The number of aromatic amines is 1. The number of aryl methyl sites for hydroxylation is 1. The van der Waals surface area contributed by atoms with Gasteiger partial charge in [-0.15, -0.1) is 0 Å². The SMILES string of the molecule is CCS(=O)(=O)Nc1ccc(Oc2ccc(F)cc2F)c(-c2cc(F)c(=O)[nH]c2C)c1. The Kier molecular flexibility index (Phi) is 5.88. The van der Waals surface area contributed by atoms with Gasteiger partial charge in [0.1, 0.15) is 11.6 Å². The minimum absolute atomic E-state index is 0.0366. The number of nitrogens with one attached hydrogen (secondary N) is 2. The molecule has 10 heteroatoms. The highest BCUT2D eigenvalue weighted by molar-refractivity contribution is 7.92. The van der Waals surface area contributed by atoms with E-state index >= 15 is 0 Å². The van der Waals surface area contributed by atoms with Crippen molar-refractivity contribution >= 4 is 15.7 Å². The van der Waals surface area contributed by atoms with Crippen LogP contribution in [0, 0.1) is 24.4 Å². The van der Waals surface area contributed by atoms with Crippen LogP contribution in [0.15, 0.2) is 47.3 Å². The average Bonchev–Trinajstić information content (AvgIpc) is 2.68. The molecule has 0 aliphatic rings. The number of H-pyrrole nitrogens is 1. The Labute approximate surface area is 170 Å². The summed E-state index contributed by atoms with van der Waals surface area (Å²) in [7, 11) is -3.60. The van der Waals surface area contributed by atoms with Crippen LogP contribution in [0.3, 0.4) is 0 Å². The van der Waals surface area contributed by atoms with Gasteiger partial charge in [-0.1, -0.05) is 0 Å². The summed E-state index contributed by atoms with van der Waals surface area (Å²) in [5, 5.41) is 0. The summed E-state index contributed by atoms with van der Waals surface area (Å²) >= 11 is 0. The number of hydrogen-bond donors (Lipinski definition) is 2. The van der Waals surface area contributed by atoms with Gasteiger partial charge >= 0.3 is 0 Å². The Balaban J connectivity index is 2.16. The van der Waals surface area contributed by atoms with E-state index in [0.717, 1.165) is 18.2 Å². The van der Waals surface area contributed by atoms with Crippen LogP contribution < -0.4 is 15.0 Å². The third-order valence-corrected chi connectivity index (χ3v) is 5.54. The van der Waals surface area contributed by atoms with Crippen LogP contribution in [0.5, 0.6) is 11.5 Å². The summed E-state index contributed by atoms with van der Waals surface area (Å²) in [6, 6.07) is 7.80. The molecule has 3 rings (SSSR count). The van der Waals surface area contributed by atoms with Crippen molar-refractivity contribution in [2.45, 2.75) is 13.8 Å². The van der Waals surface area contributed by atoms with Crippen LogP contribution in [0.2, 0.25) is 0 Å². The molecule has 0 amide bonds. The van der Waals surface area contributed by atoms with Gasteiger partial charge < -0.3 is 9.72 Å². The van der Waals surface area contributed by atoms with Gasteiger partial charge in [-0.05, 0) is 50.2 Å². The molecule has 30 heavy (non-hydrogen) atoms. The maximum atomic E-state index is 14.0. The van der Waals surface area contributed by atoms with E-state index in [1.54, 1.807) is 0 Å². The molecule has 0 bridgehead atoms. The molecule has 0 spiro atoms. The van der Waals surface area contributed by atoms with Crippen molar-refractivity contribution in [2.75, 3.05) is 10.5 Å². The fourth-order valence-electron chi connectivity index (χ4n) is 2.70. The molecule has 1 heterocycles. The van der Waals surface area contributed by atoms with Gasteiger partial charge in [0.05, 0.1) is 5.75 Å². The highest BCUT2D eigenvalue weighted by Crippen LogP contribution is 2.37. The largest absolute Gasteiger partial charge is 0.454 e. The molecule has 0 saturated heterocycles. The average molecular weight is 438 g/mol. The maximum Gasteiger partial charge on any atom is 0.284 e. The molecule has 1 aromatic heterocycles. The highest BCUT2D eigenvalue weighted by Gasteiger charge is 2.17. The molecule has 6 nitrogen and oxygen atoms in total. The second-order valence-electron chi connectivity index (χ2n) is 6.38. The van der Waals surface area contributed by atoms with Crippen LogP contribution in [0.4, 0.5) is 18.9 Å². The van der Waals surface area contributed by atoms with E-state index in [4.69, 9.17) is 4.74 Å². The van der Waals surface area contributed by atoms with E-state index in [-0.39, 0.29) is 39.8 Å². The Morgan fingerprint density at radius 1 is 0.967 bits per heavy atom. The van der Waals surface area contributed by atoms with E-state index in [2.05, 4.69) is 9.71 Å². The van der Waals surface area contributed by atoms with Crippen molar-refractivity contribution in [1.29, 1.82) is 0 Å². The molecule has 0 unspecified atom stereocenters. The molecule has 2 aromatic carbocycles. The normalized spacial score (nSPS) is 11.4. The van der Waals surface area contributed by atoms with Crippen LogP contribution in [0.1, 0.15) is 12.6 Å². The number of hydrogen-bond acceptors (Lipinski definition) is 4. The lowest BCUT2D eigenvalue weighted by Gasteiger charge is -2.16. The lowest BCUT2D eigenvalue weighted by atomic mass is 10.0. The van der Waals surface area contributed by atoms with Gasteiger partial charge in [0.25, 0.3) is 5.56 Å². The van der Waals surface area contributed by atoms with Gasteiger partial charge in [-0.25, -0.2) is 21.6 Å². The van der Waals surface area contributed by atoms with Gasteiger partial charge in [0.15, 0.2) is 17.4 Å². The van der Waals surface area contributed by atoms with E-state index in [0.29, 0.717) is 6.07 Å². The molecule has 0 saturated carbocycles. The summed E-state index contributed by atoms with van der Waals surface area (Å²) in [5.41, 5.74) is -0.109. The quantitative estimate of drug-likeness (QED) is 0.600. The molecule has 3 aromatic rings. The second-order valence-corrected chi connectivity index (χ2v) is 8.39. The Hall–Kier alpha value is -3.27. The number of pyridine rings is 1. The van der Waals surface area contributed by atoms with Crippen LogP contribution in [0.25, 0.3) is 11.1 Å². The highest BCUT2D eigenvalue weighted by atomic mass is 32.2. The monoisotopic (exact) mass is 438 g/mol. The Bertz CT molecular complexity index is 1270. The van der Waals surface area contributed by atoms with Crippen LogP contribution >= 0.6 is 0 Å². The zero-order chi connectivity index (χ0) is 22.1. The lowest BCUT2D eigenvalue weighted by molar-refractivity contribution is 0.439. The smallest absolute Gasteiger partial charge is 0.284 e. The molecule has 2 N–H and O–H groups in total.